The molecule has 2 rings (SSSR count). The molecular weight excluding hydrogens is 378 g/mol. The number of carbonyl (C=O) groups is 1. The van der Waals surface area contributed by atoms with Gasteiger partial charge in [-0.3, -0.25) is 9.10 Å². The number of piperidine rings is 1. The number of nitrogens with zero attached hydrogens (tertiary/aromatic N) is 3. The number of rotatable bonds is 6. The number of hydrogen-bond acceptors (Lipinski definition) is 5. The highest BCUT2D eigenvalue weighted by molar-refractivity contribution is 7.92. The second-order valence-corrected chi connectivity index (χ2v) is 10.6. The molecule has 8 nitrogen and oxygen atoms in total. The molecule has 1 aliphatic heterocycles. The smallest absolute Gasteiger partial charge is 0.243 e. The average molecular weight is 404 g/mol. The molecule has 0 aromatic heterocycles. The van der Waals surface area contributed by atoms with Crippen LogP contribution in [0.5, 0.6) is 0 Å². The van der Waals surface area contributed by atoms with Crippen molar-refractivity contribution in [2.24, 2.45) is 0 Å². The summed E-state index contributed by atoms with van der Waals surface area (Å²) >= 11 is 0. The second kappa shape index (κ2) is 7.93. The maximum absolute atomic E-state index is 12.5. The van der Waals surface area contributed by atoms with Gasteiger partial charge in [-0.15, -0.1) is 0 Å². The van der Waals surface area contributed by atoms with Crippen molar-refractivity contribution in [1.82, 2.24) is 9.21 Å². The summed E-state index contributed by atoms with van der Waals surface area (Å²) in [6.07, 6.45) is 3.94. The van der Waals surface area contributed by atoms with E-state index >= 15 is 0 Å². The fraction of sp³-hybridized carbons (Fsp3) is 0.562. The van der Waals surface area contributed by atoms with E-state index in [2.05, 4.69) is 0 Å². The monoisotopic (exact) mass is 403 g/mol. The van der Waals surface area contributed by atoms with Crippen LogP contribution in [0.4, 0.5) is 5.69 Å². The van der Waals surface area contributed by atoms with Gasteiger partial charge in [0.15, 0.2) is 0 Å². The maximum atomic E-state index is 12.5. The van der Waals surface area contributed by atoms with E-state index in [1.807, 2.05) is 0 Å². The first-order valence-electron chi connectivity index (χ1n) is 8.31. The van der Waals surface area contributed by atoms with Crippen LogP contribution < -0.4 is 4.31 Å². The zero-order chi connectivity index (χ0) is 19.5. The highest BCUT2D eigenvalue weighted by atomic mass is 32.2. The molecule has 1 fully saturated rings. The summed E-state index contributed by atoms with van der Waals surface area (Å²) in [7, 11) is -4.46. The second-order valence-electron chi connectivity index (χ2n) is 6.49. The topological polar surface area (TPSA) is 95.1 Å². The van der Waals surface area contributed by atoms with E-state index in [9.17, 15) is 21.6 Å². The zero-order valence-electron chi connectivity index (χ0n) is 15.3. The number of anilines is 1. The lowest BCUT2D eigenvalue weighted by molar-refractivity contribution is -0.130. The van der Waals surface area contributed by atoms with Crippen LogP contribution in [-0.4, -0.2) is 71.9 Å². The number of likely N-dealkylation sites (tertiary alicyclic amines) is 1. The molecule has 146 valence electrons. The SMILES string of the molecule is CN(C)S(=O)(=O)c1ccc(N(CC(=O)N2CCCCC2)S(C)(=O)=O)cc1. The molecule has 1 amide bonds. The fourth-order valence-corrected chi connectivity index (χ4v) is 4.51. The molecular formula is C16H25N3O5S2. The van der Waals surface area contributed by atoms with E-state index in [0.717, 1.165) is 34.1 Å². The molecule has 0 N–H and O–H groups in total. The molecule has 1 heterocycles. The summed E-state index contributed by atoms with van der Waals surface area (Å²) in [6.45, 7) is 0.978. The highest BCUT2D eigenvalue weighted by Crippen LogP contribution is 2.22. The minimum absolute atomic E-state index is 0.0575. The minimum Gasteiger partial charge on any atom is -0.341 e. The first-order valence-corrected chi connectivity index (χ1v) is 11.6. The van der Waals surface area contributed by atoms with Crippen molar-refractivity contribution in [1.29, 1.82) is 0 Å². The Balaban J connectivity index is 2.26. The van der Waals surface area contributed by atoms with Crippen molar-refractivity contribution in [3.8, 4) is 0 Å². The van der Waals surface area contributed by atoms with E-state index in [1.54, 1.807) is 4.90 Å². The molecule has 0 unspecified atom stereocenters. The van der Waals surface area contributed by atoms with Gasteiger partial charge in [0.25, 0.3) is 0 Å². The van der Waals surface area contributed by atoms with Crippen LogP contribution >= 0.6 is 0 Å². The molecule has 0 radical (unpaired) electrons. The van der Waals surface area contributed by atoms with Gasteiger partial charge in [0.2, 0.25) is 26.0 Å². The van der Waals surface area contributed by atoms with Gasteiger partial charge in [-0.2, -0.15) is 0 Å². The quantitative estimate of drug-likeness (QED) is 0.697. The summed E-state index contributed by atoms with van der Waals surface area (Å²) in [5, 5.41) is 0. The van der Waals surface area contributed by atoms with Gasteiger partial charge in [-0.25, -0.2) is 21.1 Å². The van der Waals surface area contributed by atoms with Gasteiger partial charge in [-0.05, 0) is 43.5 Å². The Morgan fingerprint density at radius 2 is 1.54 bits per heavy atom. The van der Waals surface area contributed by atoms with Crippen LogP contribution in [0, 0.1) is 0 Å². The van der Waals surface area contributed by atoms with Gasteiger partial charge in [0, 0.05) is 27.2 Å². The van der Waals surface area contributed by atoms with Gasteiger partial charge in [0.1, 0.15) is 6.54 Å². The van der Waals surface area contributed by atoms with Gasteiger partial charge in [-0.1, -0.05) is 0 Å². The number of carbonyl (C=O) groups excluding carboxylic acids is 1. The van der Waals surface area contributed by atoms with E-state index in [0.29, 0.717) is 13.1 Å². The molecule has 1 saturated heterocycles. The third-order valence-corrected chi connectivity index (χ3v) is 7.26. The lowest BCUT2D eigenvalue weighted by Gasteiger charge is -2.30. The van der Waals surface area contributed by atoms with Crippen LogP contribution in [0.3, 0.4) is 0 Å². The maximum Gasteiger partial charge on any atom is 0.243 e. The Hall–Kier alpha value is -1.65. The largest absolute Gasteiger partial charge is 0.341 e. The predicted octanol–water partition coefficient (Wildman–Crippen LogP) is 0.715. The Morgan fingerprint density at radius 3 is 2.00 bits per heavy atom. The summed E-state index contributed by atoms with van der Waals surface area (Å²) in [6, 6.07) is 5.49. The Bertz CT molecular complexity index is 842. The molecule has 0 spiro atoms. The number of benzene rings is 1. The van der Waals surface area contributed by atoms with E-state index < -0.39 is 20.0 Å². The lowest BCUT2D eigenvalue weighted by Crippen LogP contribution is -2.44. The number of amides is 1. The summed E-state index contributed by atoms with van der Waals surface area (Å²) in [5.41, 5.74) is 0.260. The van der Waals surface area contributed by atoms with Crippen molar-refractivity contribution in [2.45, 2.75) is 24.2 Å². The Labute approximate surface area is 155 Å². The Morgan fingerprint density at radius 1 is 1.00 bits per heavy atom. The summed E-state index contributed by atoms with van der Waals surface area (Å²) in [4.78, 5) is 14.2. The lowest BCUT2D eigenvalue weighted by atomic mass is 10.1. The molecule has 10 heteroatoms. The third-order valence-electron chi connectivity index (χ3n) is 4.29. The first-order chi connectivity index (χ1) is 12.0. The van der Waals surface area contributed by atoms with Crippen LogP contribution in [-0.2, 0) is 24.8 Å². The molecule has 1 aromatic carbocycles. The number of sulfonamides is 2. The number of hydrogen-bond donors (Lipinski definition) is 0. The molecule has 0 aliphatic carbocycles. The van der Waals surface area contributed by atoms with Crippen LogP contribution in [0.1, 0.15) is 19.3 Å². The molecule has 1 aromatic rings. The van der Waals surface area contributed by atoms with Gasteiger partial charge < -0.3 is 4.90 Å². The third kappa shape index (κ3) is 4.74. The van der Waals surface area contributed by atoms with Crippen molar-refractivity contribution >= 4 is 31.6 Å². The van der Waals surface area contributed by atoms with Crippen LogP contribution in [0.15, 0.2) is 29.2 Å². The normalized spacial score (nSPS) is 15.9. The first kappa shape index (κ1) is 20.7. The average Bonchev–Trinajstić information content (AvgIpc) is 2.59. The zero-order valence-corrected chi connectivity index (χ0v) is 16.9. The van der Waals surface area contributed by atoms with Crippen LogP contribution in [0.2, 0.25) is 0 Å². The van der Waals surface area contributed by atoms with Crippen molar-refractivity contribution in [2.75, 3.05) is 44.3 Å². The molecule has 0 saturated carbocycles. The highest BCUT2D eigenvalue weighted by Gasteiger charge is 2.25. The summed E-state index contributed by atoms with van der Waals surface area (Å²) in [5.74, 6) is -0.250. The Kier molecular flexibility index (Phi) is 6.30. The van der Waals surface area contributed by atoms with E-state index in [4.69, 9.17) is 0 Å². The van der Waals surface area contributed by atoms with Gasteiger partial charge >= 0.3 is 0 Å². The van der Waals surface area contributed by atoms with Crippen LogP contribution in [0.25, 0.3) is 0 Å². The molecule has 0 bridgehead atoms. The van der Waals surface area contributed by atoms with Crippen molar-refractivity contribution < 1.29 is 21.6 Å². The standard InChI is InChI=1S/C16H25N3O5S2/c1-17(2)26(23,24)15-9-7-14(8-10-15)19(25(3,21)22)13-16(20)18-11-5-4-6-12-18/h7-10H,4-6,11-13H2,1-3H3. The van der Waals surface area contributed by atoms with Crippen molar-refractivity contribution in [3.63, 3.8) is 0 Å². The van der Waals surface area contributed by atoms with Gasteiger partial charge in [0.05, 0.1) is 16.8 Å². The predicted molar refractivity (Wildman–Crippen MR) is 99.9 cm³/mol. The molecule has 0 atom stereocenters. The minimum atomic E-state index is -3.69. The summed E-state index contributed by atoms with van der Waals surface area (Å²) < 4.78 is 50.7. The van der Waals surface area contributed by atoms with E-state index in [-0.39, 0.29) is 23.0 Å². The molecule has 26 heavy (non-hydrogen) atoms. The molecule has 1 aliphatic rings. The van der Waals surface area contributed by atoms with Crippen molar-refractivity contribution in [3.05, 3.63) is 24.3 Å². The fourth-order valence-electron chi connectivity index (χ4n) is 2.76. The van der Waals surface area contributed by atoms with E-state index in [1.165, 1.54) is 38.4 Å².